The number of hydrogen-bond acceptors (Lipinski definition) is 0. The molecule has 0 aliphatic heterocycles. The molecule has 0 fully saturated rings. The second-order valence-corrected chi connectivity index (χ2v) is 8.39. The maximum absolute atomic E-state index is 3.79. The van der Waals surface area contributed by atoms with Crippen LogP contribution in [-0.2, 0) is 0 Å². The molecule has 2 nitrogen and oxygen atoms in total. The van der Waals surface area contributed by atoms with Gasteiger partial charge in [-0.15, -0.1) is 0 Å². The van der Waals surface area contributed by atoms with Crippen LogP contribution < -0.4 is 0 Å². The highest BCUT2D eigenvalue weighted by Crippen LogP contribution is 2.37. The molecule has 6 rings (SSSR count). The summed E-state index contributed by atoms with van der Waals surface area (Å²) in [5.74, 6) is 0. The summed E-state index contributed by atoms with van der Waals surface area (Å²) in [5, 5.41) is 4.96. The van der Waals surface area contributed by atoms with E-state index in [1.165, 1.54) is 43.8 Å². The van der Waals surface area contributed by atoms with E-state index in [1.807, 2.05) is 12.2 Å². The van der Waals surface area contributed by atoms with E-state index in [1.54, 1.807) is 0 Å². The molecular formula is C31H24N2. The van der Waals surface area contributed by atoms with Crippen molar-refractivity contribution in [3.8, 4) is 11.1 Å². The van der Waals surface area contributed by atoms with E-state index >= 15 is 0 Å². The lowest BCUT2D eigenvalue weighted by molar-refractivity contribution is 1.51. The summed E-state index contributed by atoms with van der Waals surface area (Å²) < 4.78 is 0. The number of fused-ring (bicyclic) bond motifs is 7. The van der Waals surface area contributed by atoms with Gasteiger partial charge < -0.3 is 9.97 Å². The molecule has 2 aromatic heterocycles. The van der Waals surface area contributed by atoms with Crippen molar-refractivity contribution >= 4 is 49.2 Å². The lowest BCUT2D eigenvalue weighted by atomic mass is 10.0. The molecule has 0 aliphatic carbocycles. The fourth-order valence-electron chi connectivity index (χ4n) is 4.85. The Morgan fingerprint density at radius 1 is 0.697 bits per heavy atom. The maximum atomic E-state index is 3.79. The summed E-state index contributed by atoms with van der Waals surface area (Å²) in [7, 11) is 0. The van der Waals surface area contributed by atoms with Crippen LogP contribution in [0.2, 0.25) is 0 Å². The summed E-state index contributed by atoms with van der Waals surface area (Å²) >= 11 is 0. The zero-order chi connectivity index (χ0) is 22.4. The summed E-state index contributed by atoms with van der Waals surface area (Å²) in [4.78, 5) is 7.34. The number of nitrogens with one attached hydrogen (secondary N) is 2. The minimum atomic E-state index is 1.15. The third-order valence-corrected chi connectivity index (χ3v) is 6.51. The van der Waals surface area contributed by atoms with Gasteiger partial charge in [0.05, 0.1) is 11.0 Å². The molecule has 0 radical (unpaired) electrons. The van der Waals surface area contributed by atoms with Crippen LogP contribution in [0.5, 0.6) is 0 Å². The number of benzene rings is 4. The van der Waals surface area contributed by atoms with Crippen LogP contribution in [0.1, 0.15) is 12.5 Å². The van der Waals surface area contributed by atoms with Crippen molar-refractivity contribution in [2.75, 3.05) is 0 Å². The molecule has 2 N–H and O–H groups in total. The van der Waals surface area contributed by atoms with E-state index in [4.69, 9.17) is 0 Å². The Labute approximate surface area is 192 Å². The fraction of sp³-hybridized carbons (Fsp3) is 0.0323. The molecule has 6 aromatic rings. The van der Waals surface area contributed by atoms with Gasteiger partial charge in [-0.3, -0.25) is 0 Å². The molecule has 0 spiro atoms. The first-order valence-corrected chi connectivity index (χ1v) is 11.3. The number of hydrogen-bond donors (Lipinski definition) is 2. The molecule has 158 valence electrons. The van der Waals surface area contributed by atoms with Crippen LogP contribution in [0, 0.1) is 0 Å². The van der Waals surface area contributed by atoms with Crippen molar-refractivity contribution in [2.45, 2.75) is 6.92 Å². The molecule has 4 aromatic carbocycles. The standard InChI is InChI=1S/C31H24N2/c1-3-5-9-20(4-2)22-12-16-28-26(18-22)24-14-15-25-27-19-23(21-10-7-6-8-11-21)13-17-29(27)33-31(25)30(24)32-28/h3-19,32-33H,1H2,2H3/b9-5-,20-4+. The topological polar surface area (TPSA) is 31.6 Å². The van der Waals surface area contributed by atoms with Crippen LogP contribution >= 0.6 is 0 Å². The predicted molar refractivity (Wildman–Crippen MR) is 144 cm³/mol. The molecule has 0 amide bonds. The number of rotatable bonds is 4. The number of H-pyrrole nitrogens is 2. The lowest BCUT2D eigenvalue weighted by Gasteiger charge is -2.03. The molecule has 2 heterocycles. The van der Waals surface area contributed by atoms with E-state index in [9.17, 15) is 0 Å². The highest BCUT2D eigenvalue weighted by atomic mass is 14.8. The average Bonchev–Trinajstić information content (AvgIpc) is 3.42. The molecule has 0 bridgehead atoms. The second kappa shape index (κ2) is 7.68. The van der Waals surface area contributed by atoms with Crippen LogP contribution in [-0.4, -0.2) is 9.97 Å². The Hall–Kier alpha value is -4.30. The summed E-state index contributed by atoms with van der Waals surface area (Å²) in [6.07, 6.45) is 8.02. The summed E-state index contributed by atoms with van der Waals surface area (Å²) in [6, 6.07) is 28.3. The molecular weight excluding hydrogens is 400 g/mol. The fourth-order valence-corrected chi connectivity index (χ4v) is 4.85. The van der Waals surface area contributed by atoms with Crippen molar-refractivity contribution < 1.29 is 0 Å². The van der Waals surface area contributed by atoms with Crippen molar-refractivity contribution in [3.63, 3.8) is 0 Å². The average molecular weight is 425 g/mol. The largest absolute Gasteiger partial charge is 0.353 e. The third-order valence-electron chi connectivity index (χ3n) is 6.51. The Morgan fingerprint density at radius 3 is 2.03 bits per heavy atom. The molecule has 0 unspecified atom stereocenters. The smallest absolute Gasteiger partial charge is 0.0710 e. The Balaban J connectivity index is 1.56. The maximum Gasteiger partial charge on any atom is 0.0710 e. The van der Waals surface area contributed by atoms with Gasteiger partial charge >= 0.3 is 0 Å². The zero-order valence-electron chi connectivity index (χ0n) is 18.5. The molecule has 0 atom stereocenters. The minimum absolute atomic E-state index is 1.15. The van der Waals surface area contributed by atoms with Crippen LogP contribution in [0.25, 0.3) is 60.3 Å². The van der Waals surface area contributed by atoms with Gasteiger partial charge in [-0.2, -0.15) is 0 Å². The van der Waals surface area contributed by atoms with Crippen molar-refractivity contribution in [1.82, 2.24) is 9.97 Å². The monoisotopic (exact) mass is 424 g/mol. The van der Waals surface area contributed by atoms with E-state index in [2.05, 4.69) is 114 Å². The van der Waals surface area contributed by atoms with Crippen LogP contribution in [0.3, 0.4) is 0 Å². The van der Waals surface area contributed by atoms with Crippen molar-refractivity contribution in [1.29, 1.82) is 0 Å². The molecule has 33 heavy (non-hydrogen) atoms. The number of aromatic nitrogens is 2. The van der Waals surface area contributed by atoms with Gasteiger partial charge in [0.25, 0.3) is 0 Å². The van der Waals surface area contributed by atoms with Gasteiger partial charge in [0.15, 0.2) is 0 Å². The van der Waals surface area contributed by atoms with E-state index in [-0.39, 0.29) is 0 Å². The molecule has 0 saturated carbocycles. The first kappa shape index (κ1) is 19.4. The van der Waals surface area contributed by atoms with Crippen LogP contribution in [0.4, 0.5) is 0 Å². The normalized spacial score (nSPS) is 12.6. The lowest BCUT2D eigenvalue weighted by Crippen LogP contribution is -1.80. The minimum Gasteiger partial charge on any atom is -0.353 e. The van der Waals surface area contributed by atoms with Gasteiger partial charge in [-0.25, -0.2) is 0 Å². The quantitative estimate of drug-likeness (QED) is 0.265. The van der Waals surface area contributed by atoms with Gasteiger partial charge in [-0.1, -0.05) is 85.5 Å². The Morgan fingerprint density at radius 2 is 1.36 bits per heavy atom. The first-order chi connectivity index (χ1) is 16.3. The van der Waals surface area contributed by atoms with Gasteiger partial charge in [0.2, 0.25) is 0 Å². The second-order valence-electron chi connectivity index (χ2n) is 8.39. The van der Waals surface area contributed by atoms with E-state index in [0.29, 0.717) is 0 Å². The summed E-state index contributed by atoms with van der Waals surface area (Å²) in [5.41, 5.74) is 9.47. The third kappa shape index (κ3) is 3.11. The van der Waals surface area contributed by atoms with Gasteiger partial charge in [0.1, 0.15) is 0 Å². The number of aromatic amines is 2. The van der Waals surface area contributed by atoms with E-state index in [0.717, 1.165) is 22.1 Å². The molecule has 0 aliphatic rings. The highest BCUT2D eigenvalue weighted by Gasteiger charge is 2.13. The number of allylic oxidation sites excluding steroid dienone is 5. The zero-order valence-corrected chi connectivity index (χ0v) is 18.5. The highest BCUT2D eigenvalue weighted by molar-refractivity contribution is 6.22. The van der Waals surface area contributed by atoms with Crippen molar-refractivity contribution in [3.05, 3.63) is 115 Å². The molecule has 2 heteroatoms. The van der Waals surface area contributed by atoms with Gasteiger partial charge in [-0.05, 0) is 53.5 Å². The first-order valence-electron chi connectivity index (χ1n) is 11.3. The van der Waals surface area contributed by atoms with Crippen LogP contribution in [0.15, 0.2) is 110 Å². The van der Waals surface area contributed by atoms with Crippen molar-refractivity contribution in [2.24, 2.45) is 0 Å². The Bertz CT molecular complexity index is 1720. The predicted octanol–water partition coefficient (Wildman–Crippen LogP) is 8.77. The van der Waals surface area contributed by atoms with E-state index < -0.39 is 0 Å². The SMILES string of the molecule is C=C/C=C\C(=C/C)c1ccc2[nH]c3c(ccc4c5cc(-c6ccccc6)ccc5[nH]c43)c2c1. The van der Waals surface area contributed by atoms with Gasteiger partial charge in [0, 0.05) is 32.6 Å². The molecule has 0 saturated heterocycles. The summed E-state index contributed by atoms with van der Waals surface area (Å²) in [6.45, 7) is 5.86. The Kier molecular flexibility index (Phi) is 4.51.